The fraction of sp³-hybridized carbons (Fsp3) is 0.533. The summed E-state index contributed by atoms with van der Waals surface area (Å²) in [6.07, 6.45) is 0.523. The fourth-order valence-electron chi connectivity index (χ4n) is 1.50. The lowest BCUT2D eigenvalue weighted by molar-refractivity contribution is 0.0636. The maximum absolute atomic E-state index is 11.7. The molecule has 0 atom stereocenters. The van der Waals surface area contributed by atoms with Gasteiger partial charge in [-0.1, -0.05) is 6.92 Å². The molecule has 4 nitrogen and oxygen atoms in total. The molecule has 0 aliphatic carbocycles. The van der Waals surface area contributed by atoms with Gasteiger partial charge < -0.3 is 9.47 Å². The molecule has 1 rings (SSSR count). The maximum Gasteiger partial charge on any atom is 0.412 e. The zero-order valence-corrected chi connectivity index (χ0v) is 12.4. The molecule has 0 radical (unpaired) electrons. The quantitative estimate of drug-likeness (QED) is 0.890. The Morgan fingerprint density at radius 3 is 2.53 bits per heavy atom. The first-order valence-electron chi connectivity index (χ1n) is 6.55. The predicted molar refractivity (Wildman–Crippen MR) is 76.8 cm³/mol. The summed E-state index contributed by atoms with van der Waals surface area (Å²) in [4.78, 5) is 11.7. The van der Waals surface area contributed by atoms with E-state index >= 15 is 0 Å². The number of carbonyl (C=O) groups excluding carboxylic acids is 1. The van der Waals surface area contributed by atoms with Crippen LogP contribution >= 0.6 is 0 Å². The Bertz CT molecular complexity index is 436. The van der Waals surface area contributed by atoms with Crippen LogP contribution in [-0.4, -0.2) is 18.3 Å². The third-order valence-electron chi connectivity index (χ3n) is 2.31. The third-order valence-corrected chi connectivity index (χ3v) is 2.31. The Kier molecular flexibility index (Phi) is 5.21. The topological polar surface area (TPSA) is 47.6 Å². The highest BCUT2D eigenvalue weighted by atomic mass is 16.6. The Labute approximate surface area is 115 Å². The zero-order valence-electron chi connectivity index (χ0n) is 12.4. The Morgan fingerprint density at radius 1 is 1.32 bits per heavy atom. The van der Waals surface area contributed by atoms with Crippen molar-refractivity contribution in [3.8, 4) is 5.75 Å². The van der Waals surface area contributed by atoms with Crippen molar-refractivity contribution in [2.75, 3.05) is 11.9 Å². The van der Waals surface area contributed by atoms with Crippen LogP contribution in [0.3, 0.4) is 0 Å². The molecule has 1 aromatic carbocycles. The molecule has 1 N–H and O–H groups in total. The molecule has 0 bridgehead atoms. The van der Waals surface area contributed by atoms with Gasteiger partial charge in [-0.05, 0) is 57.9 Å². The summed E-state index contributed by atoms with van der Waals surface area (Å²) in [7, 11) is 0. The number of nitrogens with one attached hydrogen (secondary N) is 1. The van der Waals surface area contributed by atoms with Crippen molar-refractivity contribution in [2.45, 2.75) is 46.6 Å². The van der Waals surface area contributed by atoms with E-state index < -0.39 is 11.7 Å². The average Bonchev–Trinajstić information content (AvgIpc) is 2.27. The van der Waals surface area contributed by atoms with Crippen LogP contribution in [0.4, 0.5) is 10.5 Å². The molecule has 1 aromatic rings. The van der Waals surface area contributed by atoms with Crippen LogP contribution in [0, 0.1) is 6.92 Å². The van der Waals surface area contributed by atoms with Crippen molar-refractivity contribution < 1.29 is 14.3 Å². The lowest BCUT2D eigenvalue weighted by atomic mass is 10.2. The van der Waals surface area contributed by atoms with Gasteiger partial charge in [0.25, 0.3) is 0 Å². The summed E-state index contributed by atoms with van der Waals surface area (Å²) < 4.78 is 10.7. The van der Waals surface area contributed by atoms with E-state index in [0.29, 0.717) is 6.61 Å². The van der Waals surface area contributed by atoms with Crippen LogP contribution in [0.2, 0.25) is 0 Å². The van der Waals surface area contributed by atoms with E-state index in [4.69, 9.17) is 9.47 Å². The number of hydrogen-bond donors (Lipinski definition) is 1. The standard InChI is InChI=1S/C15H23NO3/c1-6-9-18-12-7-8-13(11(2)10-12)16-14(17)19-15(3,4)5/h7-8,10H,6,9H2,1-5H3,(H,16,17). The fourth-order valence-corrected chi connectivity index (χ4v) is 1.50. The number of ether oxygens (including phenoxy) is 2. The monoisotopic (exact) mass is 265 g/mol. The number of aryl methyl sites for hydroxylation is 1. The van der Waals surface area contributed by atoms with Gasteiger partial charge >= 0.3 is 6.09 Å². The number of amides is 1. The Balaban J connectivity index is 2.67. The van der Waals surface area contributed by atoms with E-state index in [1.165, 1.54) is 0 Å². The average molecular weight is 265 g/mol. The lowest BCUT2D eigenvalue weighted by Crippen LogP contribution is -2.27. The Hall–Kier alpha value is -1.71. The van der Waals surface area contributed by atoms with Gasteiger partial charge in [-0.3, -0.25) is 5.32 Å². The molecule has 0 aliphatic rings. The van der Waals surface area contributed by atoms with E-state index in [1.807, 2.05) is 45.9 Å². The van der Waals surface area contributed by atoms with E-state index in [1.54, 1.807) is 0 Å². The first kappa shape index (κ1) is 15.3. The minimum atomic E-state index is -0.498. The van der Waals surface area contributed by atoms with Crippen LogP contribution in [-0.2, 0) is 4.74 Å². The molecule has 0 saturated carbocycles. The SMILES string of the molecule is CCCOc1ccc(NC(=O)OC(C)(C)C)c(C)c1. The second-order valence-electron chi connectivity index (χ2n) is 5.45. The van der Waals surface area contributed by atoms with Gasteiger partial charge in [-0.15, -0.1) is 0 Å². The number of benzene rings is 1. The number of carbonyl (C=O) groups is 1. The van der Waals surface area contributed by atoms with Gasteiger partial charge in [-0.2, -0.15) is 0 Å². The molecule has 0 unspecified atom stereocenters. The van der Waals surface area contributed by atoms with Gasteiger partial charge in [0.1, 0.15) is 11.4 Å². The van der Waals surface area contributed by atoms with Gasteiger partial charge in [0.15, 0.2) is 0 Å². The molecule has 0 aromatic heterocycles. The van der Waals surface area contributed by atoms with Crippen LogP contribution in [0.25, 0.3) is 0 Å². The predicted octanol–water partition coefficient (Wildman–Crippen LogP) is 4.13. The molecule has 0 heterocycles. The van der Waals surface area contributed by atoms with Gasteiger partial charge in [-0.25, -0.2) is 4.79 Å². The summed E-state index contributed by atoms with van der Waals surface area (Å²) in [6.45, 7) is 10.2. The van der Waals surface area contributed by atoms with Crippen LogP contribution in [0.1, 0.15) is 39.7 Å². The largest absolute Gasteiger partial charge is 0.494 e. The highest BCUT2D eigenvalue weighted by molar-refractivity contribution is 5.86. The summed E-state index contributed by atoms with van der Waals surface area (Å²) >= 11 is 0. The zero-order chi connectivity index (χ0) is 14.5. The molecule has 0 aliphatic heterocycles. The minimum Gasteiger partial charge on any atom is -0.494 e. The van der Waals surface area contributed by atoms with Crippen molar-refractivity contribution in [1.82, 2.24) is 0 Å². The number of hydrogen-bond acceptors (Lipinski definition) is 3. The smallest absolute Gasteiger partial charge is 0.412 e. The van der Waals surface area contributed by atoms with Gasteiger partial charge in [0.05, 0.1) is 6.61 Å². The van der Waals surface area contributed by atoms with E-state index in [0.717, 1.165) is 23.4 Å². The third kappa shape index (κ3) is 5.64. The molecule has 0 spiro atoms. The molecule has 106 valence electrons. The second-order valence-corrected chi connectivity index (χ2v) is 5.45. The Morgan fingerprint density at radius 2 is 2.00 bits per heavy atom. The van der Waals surface area contributed by atoms with Crippen LogP contribution < -0.4 is 10.1 Å². The molecular formula is C15H23NO3. The second kappa shape index (κ2) is 6.45. The molecular weight excluding hydrogens is 242 g/mol. The van der Waals surface area contributed by atoms with Crippen molar-refractivity contribution in [1.29, 1.82) is 0 Å². The van der Waals surface area contributed by atoms with E-state index in [2.05, 4.69) is 12.2 Å². The lowest BCUT2D eigenvalue weighted by Gasteiger charge is -2.20. The summed E-state index contributed by atoms with van der Waals surface area (Å²) in [5.41, 5.74) is 1.18. The van der Waals surface area contributed by atoms with Crippen molar-refractivity contribution >= 4 is 11.8 Å². The maximum atomic E-state index is 11.7. The normalized spacial score (nSPS) is 11.0. The number of anilines is 1. The first-order chi connectivity index (χ1) is 8.81. The first-order valence-corrected chi connectivity index (χ1v) is 6.55. The molecule has 1 amide bonds. The molecule has 0 fully saturated rings. The van der Waals surface area contributed by atoms with E-state index in [9.17, 15) is 4.79 Å². The summed E-state index contributed by atoms with van der Waals surface area (Å²) in [5.74, 6) is 0.814. The molecule has 0 saturated heterocycles. The van der Waals surface area contributed by atoms with E-state index in [-0.39, 0.29) is 0 Å². The minimum absolute atomic E-state index is 0.446. The van der Waals surface area contributed by atoms with Crippen LogP contribution in [0.15, 0.2) is 18.2 Å². The number of rotatable bonds is 4. The highest BCUT2D eigenvalue weighted by Crippen LogP contribution is 2.22. The van der Waals surface area contributed by atoms with Crippen LogP contribution in [0.5, 0.6) is 5.75 Å². The summed E-state index contributed by atoms with van der Waals surface area (Å²) in [6, 6.07) is 5.57. The highest BCUT2D eigenvalue weighted by Gasteiger charge is 2.16. The van der Waals surface area contributed by atoms with Crippen molar-refractivity contribution in [3.05, 3.63) is 23.8 Å². The van der Waals surface area contributed by atoms with Crippen molar-refractivity contribution in [3.63, 3.8) is 0 Å². The van der Waals surface area contributed by atoms with Crippen molar-refractivity contribution in [2.24, 2.45) is 0 Å². The van der Waals surface area contributed by atoms with Gasteiger partial charge in [0, 0.05) is 5.69 Å². The van der Waals surface area contributed by atoms with Gasteiger partial charge in [0.2, 0.25) is 0 Å². The summed E-state index contributed by atoms with van der Waals surface area (Å²) in [5, 5.41) is 2.73. The molecule has 4 heteroatoms. The molecule has 19 heavy (non-hydrogen) atoms.